The van der Waals surface area contributed by atoms with Gasteiger partial charge in [-0.2, -0.15) is 0 Å². The Balaban J connectivity index is 2.05. The lowest BCUT2D eigenvalue weighted by Gasteiger charge is -2.30. The largest absolute Gasteiger partial charge is 0.329 e. The summed E-state index contributed by atoms with van der Waals surface area (Å²) in [5.41, 5.74) is 2.23. The second kappa shape index (κ2) is 11.4. The number of allylic oxidation sites excluding steroid dienone is 11. The highest BCUT2D eigenvalue weighted by Crippen LogP contribution is 2.32. The summed E-state index contributed by atoms with van der Waals surface area (Å²) in [5, 5.41) is 2.93. The van der Waals surface area contributed by atoms with E-state index in [-0.39, 0.29) is 11.6 Å². The minimum Gasteiger partial charge on any atom is -0.329 e. The van der Waals surface area contributed by atoms with Crippen LogP contribution in [0.15, 0.2) is 96.8 Å². The molecule has 1 aromatic carbocycles. The second-order valence-electron chi connectivity index (χ2n) is 8.72. The van der Waals surface area contributed by atoms with Crippen molar-refractivity contribution >= 4 is 17.5 Å². The number of amides is 1. The summed E-state index contributed by atoms with van der Waals surface area (Å²) in [6.07, 6.45) is 21.2. The zero-order valence-electron chi connectivity index (χ0n) is 19.4. The van der Waals surface area contributed by atoms with E-state index in [0.29, 0.717) is 17.7 Å². The van der Waals surface area contributed by atoms with Crippen molar-refractivity contribution in [3.05, 3.63) is 108 Å². The first-order chi connectivity index (χ1) is 15.9. The van der Waals surface area contributed by atoms with Crippen LogP contribution in [0.3, 0.4) is 0 Å². The van der Waals surface area contributed by atoms with Gasteiger partial charge in [-0.25, -0.2) is 0 Å². The van der Waals surface area contributed by atoms with Gasteiger partial charge in [0.1, 0.15) is 11.7 Å². The van der Waals surface area contributed by atoms with E-state index in [4.69, 9.17) is 0 Å². The minimum atomic E-state index is -1.12. The molecule has 0 saturated heterocycles. The molecule has 0 aliphatic heterocycles. The molecule has 0 aromatic heterocycles. The first kappa shape index (κ1) is 24.1. The van der Waals surface area contributed by atoms with E-state index < -0.39 is 29.6 Å². The van der Waals surface area contributed by atoms with E-state index in [0.717, 1.165) is 5.56 Å². The molecule has 1 aromatic rings. The SMILES string of the molecule is Cc1ccc(C(=O)C(C2C=CC=CC=C2)C(C(=O)NC2=CC=CC=CC2)C(=O)C(C)C)cc1. The van der Waals surface area contributed by atoms with Crippen LogP contribution in [0.2, 0.25) is 0 Å². The molecule has 0 spiro atoms. The Hall–Kier alpha value is -3.53. The lowest BCUT2D eigenvalue weighted by Crippen LogP contribution is -2.46. The van der Waals surface area contributed by atoms with Gasteiger partial charge in [0, 0.05) is 29.5 Å². The van der Waals surface area contributed by atoms with E-state index in [2.05, 4.69) is 5.32 Å². The topological polar surface area (TPSA) is 63.2 Å². The van der Waals surface area contributed by atoms with Gasteiger partial charge in [-0.1, -0.05) is 104 Å². The summed E-state index contributed by atoms with van der Waals surface area (Å²) in [6.45, 7) is 5.50. The Morgan fingerprint density at radius 1 is 0.879 bits per heavy atom. The maximum Gasteiger partial charge on any atom is 0.235 e. The fourth-order valence-electron chi connectivity index (χ4n) is 4.01. The molecule has 3 rings (SSSR count). The van der Waals surface area contributed by atoms with Crippen LogP contribution in [0.1, 0.15) is 36.2 Å². The van der Waals surface area contributed by atoms with Gasteiger partial charge in [0.25, 0.3) is 0 Å². The molecule has 1 amide bonds. The molecule has 1 N–H and O–H groups in total. The Labute approximate surface area is 196 Å². The molecule has 2 aliphatic rings. The normalized spacial score (nSPS) is 17.3. The quantitative estimate of drug-likeness (QED) is 0.431. The molecule has 2 atom stereocenters. The molecule has 0 heterocycles. The van der Waals surface area contributed by atoms with Gasteiger partial charge in [-0.3, -0.25) is 14.4 Å². The van der Waals surface area contributed by atoms with Crippen LogP contribution >= 0.6 is 0 Å². The molecule has 4 heteroatoms. The molecule has 0 bridgehead atoms. The van der Waals surface area contributed by atoms with Gasteiger partial charge >= 0.3 is 0 Å². The molecule has 0 fully saturated rings. The summed E-state index contributed by atoms with van der Waals surface area (Å²) in [6, 6.07) is 7.29. The van der Waals surface area contributed by atoms with Gasteiger partial charge in [0.15, 0.2) is 5.78 Å². The lowest BCUT2D eigenvalue weighted by molar-refractivity contribution is -0.137. The van der Waals surface area contributed by atoms with Crippen LogP contribution in [0.4, 0.5) is 0 Å². The van der Waals surface area contributed by atoms with E-state index in [1.807, 2.05) is 85.9 Å². The number of nitrogens with one attached hydrogen (secondary N) is 1. The zero-order chi connectivity index (χ0) is 23.8. The Morgan fingerprint density at radius 3 is 2.15 bits per heavy atom. The number of carbonyl (C=O) groups is 3. The highest BCUT2D eigenvalue weighted by Gasteiger charge is 2.43. The smallest absolute Gasteiger partial charge is 0.235 e. The summed E-state index contributed by atoms with van der Waals surface area (Å²) in [5.74, 6) is -3.64. The molecular weight excluding hydrogens is 410 g/mol. The van der Waals surface area contributed by atoms with Crippen LogP contribution in [-0.4, -0.2) is 17.5 Å². The first-order valence-electron chi connectivity index (χ1n) is 11.4. The zero-order valence-corrected chi connectivity index (χ0v) is 19.4. The molecule has 170 valence electrons. The third kappa shape index (κ3) is 6.26. The molecule has 33 heavy (non-hydrogen) atoms. The fraction of sp³-hybridized carbons (Fsp3) is 0.276. The van der Waals surface area contributed by atoms with Crippen molar-refractivity contribution in [2.75, 3.05) is 0 Å². The average Bonchev–Trinajstić information content (AvgIpc) is 3.22. The highest BCUT2D eigenvalue weighted by atomic mass is 16.2. The minimum absolute atomic E-state index is 0.208. The molecule has 4 nitrogen and oxygen atoms in total. The van der Waals surface area contributed by atoms with Crippen molar-refractivity contribution in [2.24, 2.45) is 23.7 Å². The second-order valence-corrected chi connectivity index (χ2v) is 8.72. The predicted octanol–water partition coefficient (Wildman–Crippen LogP) is 5.45. The third-order valence-corrected chi connectivity index (χ3v) is 5.85. The number of hydrogen-bond donors (Lipinski definition) is 1. The molecule has 2 unspecified atom stereocenters. The van der Waals surface area contributed by atoms with Crippen LogP contribution in [0, 0.1) is 30.6 Å². The predicted molar refractivity (Wildman–Crippen MR) is 132 cm³/mol. The van der Waals surface area contributed by atoms with Gasteiger partial charge in [-0.15, -0.1) is 0 Å². The Morgan fingerprint density at radius 2 is 1.52 bits per heavy atom. The van der Waals surface area contributed by atoms with Gasteiger partial charge < -0.3 is 5.32 Å². The molecule has 2 aliphatic carbocycles. The van der Waals surface area contributed by atoms with Crippen LogP contribution < -0.4 is 5.32 Å². The maximum absolute atomic E-state index is 13.8. The monoisotopic (exact) mass is 441 g/mol. The Kier molecular flexibility index (Phi) is 8.31. The average molecular weight is 442 g/mol. The van der Waals surface area contributed by atoms with Crippen molar-refractivity contribution in [1.82, 2.24) is 5.32 Å². The van der Waals surface area contributed by atoms with Crippen LogP contribution in [-0.2, 0) is 9.59 Å². The lowest BCUT2D eigenvalue weighted by atomic mass is 9.72. The van der Waals surface area contributed by atoms with Crippen molar-refractivity contribution < 1.29 is 14.4 Å². The number of benzene rings is 1. The number of hydrogen-bond acceptors (Lipinski definition) is 3. The van der Waals surface area contributed by atoms with E-state index in [1.54, 1.807) is 26.0 Å². The standard InChI is InChI=1S/C29H31NO3/c1-20(2)27(31)26(29(33)30-24-14-10-6-7-11-15-24)25(22-12-8-4-5-9-13-22)28(32)23-18-16-21(3)17-19-23/h4-14,16-20,22,25-26H,15H2,1-3H3,(H,30,33). The van der Waals surface area contributed by atoms with Crippen molar-refractivity contribution in [3.8, 4) is 0 Å². The number of Topliss-reactive ketones (excluding diaryl/α,β-unsaturated/α-hetero) is 2. The number of rotatable bonds is 8. The summed E-state index contributed by atoms with van der Waals surface area (Å²) >= 11 is 0. The first-order valence-corrected chi connectivity index (χ1v) is 11.4. The highest BCUT2D eigenvalue weighted by molar-refractivity contribution is 6.10. The number of ketones is 2. The number of aryl methyl sites for hydroxylation is 1. The van der Waals surface area contributed by atoms with Gasteiger partial charge in [0.2, 0.25) is 5.91 Å². The molecule has 0 radical (unpaired) electrons. The van der Waals surface area contributed by atoms with E-state index in [1.165, 1.54) is 0 Å². The third-order valence-electron chi connectivity index (χ3n) is 5.85. The van der Waals surface area contributed by atoms with Crippen LogP contribution in [0.25, 0.3) is 0 Å². The fourth-order valence-corrected chi connectivity index (χ4v) is 4.01. The van der Waals surface area contributed by atoms with Crippen molar-refractivity contribution in [1.29, 1.82) is 0 Å². The summed E-state index contributed by atoms with van der Waals surface area (Å²) < 4.78 is 0. The number of carbonyl (C=O) groups excluding carboxylic acids is 3. The summed E-state index contributed by atoms with van der Waals surface area (Å²) in [4.78, 5) is 40.9. The van der Waals surface area contributed by atoms with Gasteiger partial charge in [-0.05, 0) is 13.0 Å². The summed E-state index contributed by atoms with van der Waals surface area (Å²) in [7, 11) is 0. The van der Waals surface area contributed by atoms with Crippen molar-refractivity contribution in [2.45, 2.75) is 27.2 Å². The van der Waals surface area contributed by atoms with Crippen molar-refractivity contribution in [3.63, 3.8) is 0 Å². The van der Waals surface area contributed by atoms with E-state index >= 15 is 0 Å². The molecule has 0 saturated carbocycles. The Bertz CT molecular complexity index is 1050. The van der Waals surface area contributed by atoms with Crippen LogP contribution in [0.5, 0.6) is 0 Å². The van der Waals surface area contributed by atoms with Gasteiger partial charge in [0.05, 0.1) is 5.92 Å². The van der Waals surface area contributed by atoms with E-state index in [9.17, 15) is 14.4 Å². The maximum atomic E-state index is 13.8. The molecular formula is C29H31NO3.